The zero-order chi connectivity index (χ0) is 11.6. The van der Waals surface area contributed by atoms with Crippen molar-refractivity contribution in [2.45, 2.75) is 18.9 Å². The highest BCUT2D eigenvalue weighted by atomic mass is 32.1. The van der Waals surface area contributed by atoms with E-state index in [4.69, 9.17) is 0 Å². The number of alkyl halides is 4. The van der Waals surface area contributed by atoms with Crippen molar-refractivity contribution in [1.82, 2.24) is 9.55 Å². The van der Waals surface area contributed by atoms with Gasteiger partial charge in [0.05, 0.1) is 6.54 Å². The van der Waals surface area contributed by atoms with E-state index >= 15 is 0 Å². The Balaban J connectivity index is 3.00. The molecule has 0 aromatic carbocycles. The maximum absolute atomic E-state index is 12.6. The molecule has 0 saturated carbocycles. The molecule has 1 rings (SSSR count). The van der Waals surface area contributed by atoms with Crippen LogP contribution in [-0.2, 0) is 6.54 Å². The van der Waals surface area contributed by atoms with Crippen LogP contribution in [0.25, 0.3) is 0 Å². The van der Waals surface area contributed by atoms with Crippen LogP contribution in [0.3, 0.4) is 0 Å². The summed E-state index contributed by atoms with van der Waals surface area (Å²) < 4.78 is 49.3. The van der Waals surface area contributed by atoms with Gasteiger partial charge in [-0.05, 0) is 12.2 Å². The molecule has 1 heterocycles. The van der Waals surface area contributed by atoms with Gasteiger partial charge in [0.15, 0.2) is 4.77 Å². The molecule has 0 amide bonds. The number of nitrogens with zero attached hydrogens (tertiary/aromatic N) is 1. The molecule has 1 N–H and O–H groups in total. The molecule has 84 valence electrons. The average Bonchev–Trinajstić information content (AvgIpc) is 2.09. The Morgan fingerprint density at radius 1 is 1.53 bits per heavy atom. The van der Waals surface area contributed by atoms with Crippen molar-refractivity contribution in [3.8, 4) is 0 Å². The van der Waals surface area contributed by atoms with Gasteiger partial charge in [-0.2, -0.15) is 8.78 Å². The monoisotopic (exact) mass is 242 g/mol. The van der Waals surface area contributed by atoms with Crippen molar-refractivity contribution < 1.29 is 17.6 Å². The van der Waals surface area contributed by atoms with Crippen LogP contribution in [0.2, 0.25) is 0 Å². The quantitative estimate of drug-likeness (QED) is 0.648. The third-order valence-corrected chi connectivity index (χ3v) is 1.93. The van der Waals surface area contributed by atoms with Crippen molar-refractivity contribution in [2.24, 2.45) is 0 Å². The Hall–Kier alpha value is -1.18. The summed E-state index contributed by atoms with van der Waals surface area (Å²) in [4.78, 5) is 12.7. The van der Waals surface area contributed by atoms with Crippen LogP contribution >= 0.6 is 12.2 Å². The van der Waals surface area contributed by atoms with Crippen molar-refractivity contribution in [2.75, 3.05) is 0 Å². The van der Waals surface area contributed by atoms with Gasteiger partial charge >= 0.3 is 12.3 Å². The van der Waals surface area contributed by atoms with Gasteiger partial charge in [-0.1, -0.05) is 0 Å². The lowest BCUT2D eigenvalue weighted by atomic mass is 10.3. The van der Waals surface area contributed by atoms with E-state index in [1.54, 1.807) is 0 Å². The Morgan fingerprint density at radius 3 is 2.60 bits per heavy atom. The van der Waals surface area contributed by atoms with Crippen LogP contribution in [0.5, 0.6) is 0 Å². The number of nitrogens with one attached hydrogen (secondary N) is 1. The van der Waals surface area contributed by atoms with Crippen LogP contribution in [0, 0.1) is 4.77 Å². The number of H-pyrrole nitrogens is 1. The molecule has 0 atom stereocenters. The van der Waals surface area contributed by atoms with Crippen LogP contribution in [0.1, 0.15) is 0 Å². The predicted molar refractivity (Wildman–Crippen MR) is 46.8 cm³/mol. The minimum atomic E-state index is -4.17. The van der Waals surface area contributed by atoms with Gasteiger partial charge < -0.3 is 4.57 Å². The molecule has 0 saturated heterocycles. The maximum atomic E-state index is 12.6. The third kappa shape index (κ3) is 2.88. The lowest BCUT2D eigenvalue weighted by Crippen LogP contribution is -2.33. The number of halogens is 4. The van der Waals surface area contributed by atoms with Crippen molar-refractivity contribution in [3.05, 3.63) is 27.4 Å². The highest BCUT2D eigenvalue weighted by Gasteiger charge is 2.41. The van der Waals surface area contributed by atoms with Gasteiger partial charge in [0.1, 0.15) is 0 Å². The fourth-order valence-corrected chi connectivity index (χ4v) is 1.09. The molecule has 0 fully saturated rings. The molecule has 1 aromatic rings. The molecule has 15 heavy (non-hydrogen) atoms. The summed E-state index contributed by atoms with van der Waals surface area (Å²) in [5.74, 6) is -4.17. The Morgan fingerprint density at radius 2 is 2.13 bits per heavy atom. The lowest BCUT2D eigenvalue weighted by Gasteiger charge is -2.16. The van der Waals surface area contributed by atoms with Gasteiger partial charge in [0.25, 0.3) is 5.56 Å². The second-order valence-corrected chi connectivity index (χ2v) is 3.19. The summed E-state index contributed by atoms with van der Waals surface area (Å²) in [5.41, 5.74) is -0.573. The Bertz CT molecular complexity index is 453. The number of hydrogen-bond donors (Lipinski definition) is 1. The highest BCUT2D eigenvalue weighted by Crippen LogP contribution is 2.24. The number of hydrogen-bond acceptors (Lipinski definition) is 2. The molecule has 0 unspecified atom stereocenters. The maximum Gasteiger partial charge on any atom is 0.324 e. The first kappa shape index (κ1) is 11.9. The standard InChI is InChI=1S/C7H6F4N2OS/c8-5(9)7(10,11)3-13-2-1-4(14)12-6(13)15/h1-2,5H,3H2,(H,12,14,15). The molecule has 1 aromatic heterocycles. The topological polar surface area (TPSA) is 37.8 Å². The van der Waals surface area contributed by atoms with Crippen LogP contribution < -0.4 is 5.56 Å². The summed E-state index contributed by atoms with van der Waals surface area (Å²) in [5, 5.41) is 0. The largest absolute Gasteiger partial charge is 0.324 e. The molecule has 0 aliphatic heterocycles. The third-order valence-electron chi connectivity index (χ3n) is 1.60. The van der Waals surface area contributed by atoms with Gasteiger partial charge in [-0.3, -0.25) is 9.78 Å². The number of aromatic amines is 1. The zero-order valence-electron chi connectivity index (χ0n) is 7.21. The SMILES string of the molecule is O=c1ccn(CC(F)(F)C(F)F)c(=S)[nH]1. The Kier molecular flexibility index (Phi) is 3.28. The normalized spacial score (nSPS) is 12.1. The number of aromatic nitrogens is 2. The molecular weight excluding hydrogens is 236 g/mol. The fraction of sp³-hybridized carbons (Fsp3) is 0.429. The number of rotatable bonds is 3. The summed E-state index contributed by atoms with van der Waals surface area (Å²) in [6, 6.07) is 0.928. The van der Waals surface area contributed by atoms with Gasteiger partial charge in [0.2, 0.25) is 0 Å². The second kappa shape index (κ2) is 4.13. The summed E-state index contributed by atoms with van der Waals surface area (Å²) >= 11 is 4.52. The predicted octanol–water partition coefficient (Wildman–Crippen LogP) is 1.81. The van der Waals surface area contributed by atoms with E-state index in [2.05, 4.69) is 12.2 Å². The summed E-state index contributed by atoms with van der Waals surface area (Å²) in [7, 11) is 0. The van der Waals surface area contributed by atoms with Crippen LogP contribution in [0.15, 0.2) is 17.1 Å². The van der Waals surface area contributed by atoms with Gasteiger partial charge in [0, 0.05) is 12.3 Å². The minimum Gasteiger partial charge on any atom is -0.319 e. The van der Waals surface area contributed by atoms with E-state index in [0.29, 0.717) is 4.57 Å². The molecule has 0 bridgehead atoms. The van der Waals surface area contributed by atoms with E-state index in [0.717, 1.165) is 12.3 Å². The summed E-state index contributed by atoms with van der Waals surface area (Å²) in [6.07, 6.45) is -2.83. The van der Waals surface area contributed by atoms with E-state index in [-0.39, 0.29) is 4.77 Å². The van der Waals surface area contributed by atoms with Crippen molar-refractivity contribution in [3.63, 3.8) is 0 Å². The molecule has 3 nitrogen and oxygen atoms in total. The van der Waals surface area contributed by atoms with Crippen LogP contribution in [-0.4, -0.2) is 21.9 Å². The molecule has 0 spiro atoms. The molecule has 8 heteroatoms. The van der Waals surface area contributed by atoms with E-state index < -0.39 is 24.5 Å². The minimum absolute atomic E-state index is 0.317. The van der Waals surface area contributed by atoms with Gasteiger partial charge in [-0.15, -0.1) is 0 Å². The first-order chi connectivity index (χ1) is 6.83. The second-order valence-electron chi connectivity index (χ2n) is 2.80. The van der Waals surface area contributed by atoms with Crippen molar-refractivity contribution in [1.29, 1.82) is 0 Å². The fourth-order valence-electron chi connectivity index (χ4n) is 0.865. The smallest absolute Gasteiger partial charge is 0.319 e. The van der Waals surface area contributed by atoms with E-state index in [1.807, 2.05) is 4.98 Å². The van der Waals surface area contributed by atoms with Crippen molar-refractivity contribution >= 4 is 12.2 Å². The zero-order valence-corrected chi connectivity index (χ0v) is 8.03. The van der Waals surface area contributed by atoms with E-state index in [9.17, 15) is 22.4 Å². The van der Waals surface area contributed by atoms with Crippen LogP contribution in [0.4, 0.5) is 17.6 Å². The first-order valence-electron chi connectivity index (χ1n) is 3.78. The van der Waals surface area contributed by atoms with Gasteiger partial charge in [-0.25, -0.2) is 8.78 Å². The summed E-state index contributed by atoms with van der Waals surface area (Å²) in [6.45, 7) is -1.26. The lowest BCUT2D eigenvalue weighted by molar-refractivity contribution is -0.138. The molecule has 0 aliphatic carbocycles. The van der Waals surface area contributed by atoms with E-state index in [1.165, 1.54) is 0 Å². The molecule has 0 aliphatic rings. The average molecular weight is 242 g/mol. The molecular formula is C7H6F4N2OS. The highest BCUT2D eigenvalue weighted by molar-refractivity contribution is 7.71. The molecule has 0 radical (unpaired) electrons. The Labute approximate surface area is 86.4 Å². The first-order valence-corrected chi connectivity index (χ1v) is 4.19.